The Morgan fingerprint density at radius 1 is 1.45 bits per heavy atom. The van der Waals surface area contributed by atoms with Crippen LogP contribution in [0.25, 0.3) is 0 Å². The molecular weight excluding hydrogens is 332 g/mol. The van der Waals surface area contributed by atoms with Crippen molar-refractivity contribution >= 4 is 17.5 Å². The number of hydrogen-bond donors (Lipinski definition) is 2. The molecule has 122 valence electrons. The third-order valence-electron chi connectivity index (χ3n) is 3.19. The lowest BCUT2D eigenvalue weighted by Gasteiger charge is -2.31. The van der Waals surface area contributed by atoms with Crippen molar-refractivity contribution in [3.63, 3.8) is 0 Å². The minimum atomic E-state index is -3.52. The SMILES string of the molecule is Cc1c(Cl)c(C(=O)N2NC(C(F)F)=CC2(O)C(F)F)nn1C. The predicted molar refractivity (Wildman–Crippen MR) is 67.3 cm³/mol. The highest BCUT2D eigenvalue weighted by Crippen LogP contribution is 2.32. The first kappa shape index (κ1) is 16.6. The van der Waals surface area contributed by atoms with Crippen LogP contribution in [0.5, 0.6) is 0 Å². The van der Waals surface area contributed by atoms with Crippen molar-refractivity contribution in [2.75, 3.05) is 0 Å². The summed E-state index contributed by atoms with van der Waals surface area (Å²) in [6, 6.07) is 0. The Morgan fingerprint density at radius 3 is 2.45 bits per heavy atom. The predicted octanol–water partition coefficient (Wildman–Crippen LogP) is 1.45. The lowest BCUT2D eigenvalue weighted by atomic mass is 10.2. The number of nitrogens with zero attached hydrogens (tertiary/aromatic N) is 3. The number of hydrazine groups is 1. The monoisotopic (exact) mass is 342 g/mol. The molecule has 0 aromatic carbocycles. The van der Waals surface area contributed by atoms with Gasteiger partial charge in [-0.2, -0.15) is 5.10 Å². The summed E-state index contributed by atoms with van der Waals surface area (Å²) < 4.78 is 52.6. The van der Waals surface area contributed by atoms with E-state index in [-0.39, 0.29) is 16.1 Å². The molecule has 6 nitrogen and oxygen atoms in total. The van der Waals surface area contributed by atoms with Gasteiger partial charge in [0.15, 0.2) is 5.69 Å². The maximum absolute atomic E-state index is 13.0. The minimum absolute atomic E-state index is 0.00713. The topological polar surface area (TPSA) is 70.4 Å². The molecular formula is C11H11ClF4N4O2. The highest BCUT2D eigenvalue weighted by atomic mass is 35.5. The molecule has 1 unspecified atom stereocenters. The van der Waals surface area contributed by atoms with Crippen molar-refractivity contribution in [2.24, 2.45) is 7.05 Å². The molecule has 1 aliphatic rings. The lowest BCUT2D eigenvalue weighted by molar-refractivity contribution is -0.147. The van der Waals surface area contributed by atoms with E-state index in [1.54, 1.807) is 5.43 Å². The van der Waals surface area contributed by atoms with Gasteiger partial charge in [-0.1, -0.05) is 11.6 Å². The van der Waals surface area contributed by atoms with Crippen LogP contribution in [0.3, 0.4) is 0 Å². The van der Waals surface area contributed by atoms with Gasteiger partial charge < -0.3 is 5.11 Å². The Bertz CT molecular complexity index is 648. The fraction of sp³-hybridized carbons (Fsp3) is 0.455. The van der Waals surface area contributed by atoms with Gasteiger partial charge in [0.25, 0.3) is 18.8 Å². The number of aryl methyl sites for hydroxylation is 1. The number of nitrogens with one attached hydrogen (secondary N) is 1. The molecule has 1 aromatic rings. The van der Waals surface area contributed by atoms with E-state index in [0.29, 0.717) is 5.69 Å². The molecule has 2 heterocycles. The molecule has 2 rings (SSSR count). The van der Waals surface area contributed by atoms with Crippen molar-refractivity contribution in [1.29, 1.82) is 0 Å². The van der Waals surface area contributed by atoms with Gasteiger partial charge in [-0.05, 0) is 6.92 Å². The molecule has 0 spiro atoms. The summed E-state index contributed by atoms with van der Waals surface area (Å²) in [5, 5.41) is 13.5. The van der Waals surface area contributed by atoms with Crippen LogP contribution in [0, 0.1) is 6.92 Å². The molecule has 1 atom stereocenters. The molecule has 0 radical (unpaired) electrons. The molecule has 0 saturated carbocycles. The molecule has 1 aliphatic heterocycles. The highest BCUT2D eigenvalue weighted by molar-refractivity contribution is 6.34. The molecule has 0 saturated heterocycles. The Morgan fingerprint density at radius 2 is 2.05 bits per heavy atom. The van der Waals surface area contributed by atoms with E-state index in [4.69, 9.17) is 11.6 Å². The number of aromatic nitrogens is 2. The summed E-state index contributed by atoms with van der Waals surface area (Å²) in [5.41, 5.74) is -2.54. The van der Waals surface area contributed by atoms with Gasteiger partial charge >= 0.3 is 0 Å². The van der Waals surface area contributed by atoms with Gasteiger partial charge in [0.1, 0.15) is 0 Å². The second kappa shape index (κ2) is 5.43. The van der Waals surface area contributed by atoms with Crippen molar-refractivity contribution < 1.29 is 27.5 Å². The maximum atomic E-state index is 13.0. The number of alkyl halides is 4. The molecule has 2 N–H and O–H groups in total. The number of aliphatic hydroxyl groups is 1. The first-order chi connectivity index (χ1) is 10.1. The van der Waals surface area contributed by atoms with E-state index in [0.717, 1.165) is 0 Å². The van der Waals surface area contributed by atoms with E-state index in [9.17, 15) is 27.5 Å². The third-order valence-corrected chi connectivity index (χ3v) is 3.64. The number of carbonyl (C=O) groups is 1. The van der Waals surface area contributed by atoms with E-state index < -0.39 is 35.9 Å². The average Bonchev–Trinajstić information content (AvgIpc) is 2.92. The number of allylic oxidation sites excluding steroid dienone is 1. The zero-order valence-corrected chi connectivity index (χ0v) is 12.1. The van der Waals surface area contributed by atoms with Crippen molar-refractivity contribution in [3.8, 4) is 0 Å². The van der Waals surface area contributed by atoms with Crippen molar-refractivity contribution in [1.82, 2.24) is 20.2 Å². The van der Waals surface area contributed by atoms with Crippen LogP contribution in [0.1, 0.15) is 16.2 Å². The third kappa shape index (κ3) is 2.41. The van der Waals surface area contributed by atoms with Crippen LogP contribution in [0.4, 0.5) is 17.6 Å². The zero-order valence-electron chi connectivity index (χ0n) is 11.3. The summed E-state index contributed by atoms with van der Waals surface area (Å²) in [6.07, 6.45) is -6.50. The summed E-state index contributed by atoms with van der Waals surface area (Å²) >= 11 is 5.87. The van der Waals surface area contributed by atoms with Gasteiger partial charge in [0.05, 0.1) is 16.4 Å². The van der Waals surface area contributed by atoms with Crippen molar-refractivity contribution in [2.45, 2.75) is 25.5 Å². The summed E-state index contributed by atoms with van der Waals surface area (Å²) in [5.74, 6) is -1.26. The highest BCUT2D eigenvalue weighted by Gasteiger charge is 2.51. The van der Waals surface area contributed by atoms with Crippen LogP contribution < -0.4 is 5.43 Å². The Labute approximate surface area is 126 Å². The van der Waals surface area contributed by atoms with E-state index >= 15 is 0 Å². The molecule has 0 aliphatic carbocycles. The molecule has 11 heteroatoms. The van der Waals surface area contributed by atoms with Crippen LogP contribution in [0.15, 0.2) is 11.8 Å². The van der Waals surface area contributed by atoms with E-state index in [1.165, 1.54) is 18.7 Å². The largest absolute Gasteiger partial charge is 0.361 e. The van der Waals surface area contributed by atoms with Crippen molar-refractivity contribution in [3.05, 3.63) is 28.2 Å². The van der Waals surface area contributed by atoms with Gasteiger partial charge in [-0.15, -0.1) is 0 Å². The fourth-order valence-corrected chi connectivity index (χ4v) is 2.10. The molecule has 1 amide bonds. The molecule has 1 aromatic heterocycles. The first-order valence-electron chi connectivity index (χ1n) is 5.91. The van der Waals surface area contributed by atoms with Crippen LogP contribution in [-0.2, 0) is 7.05 Å². The second-order valence-corrected chi connectivity index (χ2v) is 4.99. The smallest absolute Gasteiger partial charge is 0.297 e. The summed E-state index contributed by atoms with van der Waals surface area (Å²) in [4.78, 5) is 12.3. The van der Waals surface area contributed by atoms with Gasteiger partial charge in [0.2, 0.25) is 5.72 Å². The fourth-order valence-electron chi connectivity index (χ4n) is 1.86. The van der Waals surface area contributed by atoms with Gasteiger partial charge in [-0.25, -0.2) is 22.6 Å². The Kier molecular flexibility index (Phi) is 4.09. The normalized spacial score (nSPS) is 21.5. The maximum Gasteiger partial charge on any atom is 0.297 e. The van der Waals surface area contributed by atoms with Crippen LogP contribution >= 0.6 is 11.6 Å². The molecule has 22 heavy (non-hydrogen) atoms. The number of carbonyl (C=O) groups excluding carboxylic acids is 1. The second-order valence-electron chi connectivity index (χ2n) is 4.61. The summed E-state index contributed by atoms with van der Waals surface area (Å²) in [7, 11) is 1.46. The van der Waals surface area contributed by atoms with E-state index in [1.807, 2.05) is 0 Å². The van der Waals surface area contributed by atoms with Gasteiger partial charge in [0, 0.05) is 13.1 Å². The average molecular weight is 343 g/mol. The standard InChI is InChI=1S/C11H11ClF4N4O2/c1-4-6(12)7(18-19(4)2)9(21)20-11(22,10(15)16)3-5(17-20)8(13)14/h3,8,10,17,22H,1-2H3. The van der Waals surface area contributed by atoms with Crippen LogP contribution in [0.2, 0.25) is 5.02 Å². The number of rotatable bonds is 3. The number of amides is 1. The van der Waals surface area contributed by atoms with Gasteiger partial charge in [-0.3, -0.25) is 14.9 Å². The lowest BCUT2D eigenvalue weighted by Crippen LogP contribution is -2.57. The number of hydrogen-bond acceptors (Lipinski definition) is 4. The first-order valence-corrected chi connectivity index (χ1v) is 6.29. The van der Waals surface area contributed by atoms with E-state index in [2.05, 4.69) is 5.10 Å². The minimum Gasteiger partial charge on any atom is -0.361 e. The van der Waals surface area contributed by atoms with Crippen LogP contribution in [-0.4, -0.2) is 44.4 Å². The Hall–Kier alpha value is -1.81. The molecule has 0 fully saturated rings. The summed E-state index contributed by atoms with van der Waals surface area (Å²) in [6.45, 7) is 1.52. The Balaban J connectivity index is 2.43. The zero-order chi connectivity index (χ0) is 16.8. The number of halogens is 5. The quantitative estimate of drug-likeness (QED) is 0.816. The molecule has 0 bridgehead atoms.